The van der Waals surface area contributed by atoms with Crippen molar-refractivity contribution in [3.63, 3.8) is 0 Å². The third-order valence-electron chi connectivity index (χ3n) is 3.22. The number of hydrogen-bond donors (Lipinski definition) is 0. The number of alkyl halides is 1. The first-order valence-corrected chi connectivity index (χ1v) is 6.48. The van der Waals surface area contributed by atoms with E-state index in [9.17, 15) is 9.18 Å². The average molecular weight is 272 g/mol. The van der Waals surface area contributed by atoms with Crippen molar-refractivity contribution >= 4 is 5.78 Å². The summed E-state index contributed by atoms with van der Waals surface area (Å²) in [5.74, 6) is 0.470. The highest BCUT2D eigenvalue weighted by Gasteiger charge is 2.16. The van der Waals surface area contributed by atoms with Crippen LogP contribution in [0.4, 0.5) is 4.39 Å². The van der Waals surface area contributed by atoms with Crippen molar-refractivity contribution in [3.05, 3.63) is 65.2 Å². The number of aryl methyl sites for hydroxylation is 1. The van der Waals surface area contributed by atoms with Crippen LogP contribution in [-0.2, 0) is 0 Å². The Labute approximate surface area is 118 Å². The summed E-state index contributed by atoms with van der Waals surface area (Å²) in [6.07, 6.45) is -1.42. The smallest absolute Gasteiger partial charge is 0.166 e. The summed E-state index contributed by atoms with van der Waals surface area (Å²) < 4.78 is 19.1. The molecule has 1 atom stereocenters. The third kappa shape index (κ3) is 3.44. The fourth-order valence-electron chi connectivity index (χ4n) is 1.95. The van der Waals surface area contributed by atoms with Gasteiger partial charge in [0.1, 0.15) is 11.9 Å². The maximum absolute atomic E-state index is 14.1. The van der Waals surface area contributed by atoms with E-state index in [-0.39, 0.29) is 12.2 Å². The molecule has 0 spiro atoms. The van der Waals surface area contributed by atoms with Crippen molar-refractivity contribution in [2.75, 3.05) is 7.11 Å². The minimum atomic E-state index is -1.27. The molecule has 0 saturated carbocycles. The number of ketones is 1. The van der Waals surface area contributed by atoms with Gasteiger partial charge in [0.25, 0.3) is 0 Å². The SMILES string of the molecule is COc1ccc(C(=O)CC(F)c2ccc(C)cc2)cc1. The van der Waals surface area contributed by atoms with E-state index in [0.717, 1.165) is 5.56 Å². The molecule has 0 fully saturated rings. The van der Waals surface area contributed by atoms with Gasteiger partial charge in [0.05, 0.1) is 7.11 Å². The lowest BCUT2D eigenvalue weighted by atomic mass is 10.0. The van der Waals surface area contributed by atoms with Crippen LogP contribution in [0.2, 0.25) is 0 Å². The summed E-state index contributed by atoms with van der Waals surface area (Å²) in [5.41, 5.74) is 2.11. The summed E-state index contributed by atoms with van der Waals surface area (Å²) in [6.45, 7) is 1.94. The molecule has 0 aliphatic carbocycles. The molecule has 0 saturated heterocycles. The molecular weight excluding hydrogens is 255 g/mol. The van der Waals surface area contributed by atoms with Crippen LogP contribution in [0.15, 0.2) is 48.5 Å². The number of benzene rings is 2. The molecule has 2 aromatic carbocycles. The number of rotatable bonds is 5. The molecular formula is C17H17FO2. The molecule has 0 aromatic heterocycles. The molecule has 0 bridgehead atoms. The molecule has 20 heavy (non-hydrogen) atoms. The number of carbonyl (C=O) groups is 1. The zero-order valence-corrected chi connectivity index (χ0v) is 11.6. The first-order chi connectivity index (χ1) is 9.60. The topological polar surface area (TPSA) is 26.3 Å². The second-order valence-corrected chi connectivity index (χ2v) is 4.73. The molecule has 2 nitrogen and oxygen atoms in total. The predicted molar refractivity (Wildman–Crippen MR) is 77.0 cm³/mol. The average Bonchev–Trinajstić information content (AvgIpc) is 2.48. The van der Waals surface area contributed by atoms with Gasteiger partial charge in [-0.15, -0.1) is 0 Å². The van der Waals surface area contributed by atoms with Gasteiger partial charge in [0, 0.05) is 12.0 Å². The number of Topliss-reactive ketones (excluding diaryl/α,β-unsaturated/α-hetero) is 1. The van der Waals surface area contributed by atoms with Gasteiger partial charge in [0.2, 0.25) is 0 Å². The highest BCUT2D eigenvalue weighted by Crippen LogP contribution is 2.24. The lowest BCUT2D eigenvalue weighted by molar-refractivity contribution is 0.0947. The highest BCUT2D eigenvalue weighted by molar-refractivity contribution is 5.96. The fraction of sp³-hybridized carbons (Fsp3) is 0.235. The van der Waals surface area contributed by atoms with Gasteiger partial charge in [-0.1, -0.05) is 29.8 Å². The van der Waals surface area contributed by atoms with E-state index in [2.05, 4.69) is 0 Å². The third-order valence-corrected chi connectivity index (χ3v) is 3.22. The quantitative estimate of drug-likeness (QED) is 0.759. The number of carbonyl (C=O) groups excluding carboxylic acids is 1. The van der Waals surface area contributed by atoms with Crippen molar-refractivity contribution in [1.29, 1.82) is 0 Å². The largest absolute Gasteiger partial charge is 0.497 e. The molecule has 0 heterocycles. The van der Waals surface area contributed by atoms with Crippen LogP contribution >= 0.6 is 0 Å². The Kier molecular flexibility index (Phi) is 4.51. The van der Waals surface area contributed by atoms with E-state index in [1.165, 1.54) is 0 Å². The lowest BCUT2D eigenvalue weighted by Gasteiger charge is -2.08. The number of methoxy groups -OCH3 is 1. The summed E-state index contributed by atoms with van der Waals surface area (Å²) in [4.78, 5) is 12.0. The van der Waals surface area contributed by atoms with E-state index in [1.807, 2.05) is 19.1 Å². The van der Waals surface area contributed by atoms with Crippen molar-refractivity contribution in [2.45, 2.75) is 19.5 Å². The Morgan fingerprint density at radius 1 is 1.10 bits per heavy atom. The maximum atomic E-state index is 14.1. The minimum absolute atomic E-state index is 0.143. The molecule has 3 heteroatoms. The van der Waals surface area contributed by atoms with E-state index in [1.54, 1.807) is 43.5 Å². The molecule has 2 rings (SSSR count). The monoisotopic (exact) mass is 272 g/mol. The molecule has 0 aliphatic rings. The summed E-state index contributed by atoms with van der Waals surface area (Å²) >= 11 is 0. The van der Waals surface area contributed by atoms with Crippen LogP contribution < -0.4 is 4.74 Å². The van der Waals surface area contributed by atoms with Crippen molar-refractivity contribution in [3.8, 4) is 5.75 Å². The standard InChI is InChI=1S/C17H17FO2/c1-12-3-5-13(6-4-12)16(18)11-17(19)14-7-9-15(20-2)10-8-14/h3-10,16H,11H2,1-2H3. The van der Waals surface area contributed by atoms with Crippen LogP contribution in [0.25, 0.3) is 0 Å². The maximum Gasteiger partial charge on any atom is 0.166 e. The Bertz CT molecular complexity index is 573. The van der Waals surface area contributed by atoms with E-state index in [4.69, 9.17) is 4.74 Å². The van der Waals surface area contributed by atoms with Gasteiger partial charge in [-0.3, -0.25) is 4.79 Å². The zero-order valence-electron chi connectivity index (χ0n) is 11.6. The van der Waals surface area contributed by atoms with Crippen molar-refractivity contribution in [1.82, 2.24) is 0 Å². The second-order valence-electron chi connectivity index (χ2n) is 4.73. The zero-order chi connectivity index (χ0) is 14.5. The minimum Gasteiger partial charge on any atom is -0.497 e. The van der Waals surface area contributed by atoms with Crippen LogP contribution in [0.3, 0.4) is 0 Å². The summed E-state index contributed by atoms with van der Waals surface area (Å²) in [5, 5.41) is 0. The van der Waals surface area contributed by atoms with Gasteiger partial charge in [0.15, 0.2) is 5.78 Å². The Morgan fingerprint density at radius 2 is 1.70 bits per heavy atom. The summed E-state index contributed by atoms with van der Waals surface area (Å²) in [7, 11) is 1.56. The lowest BCUT2D eigenvalue weighted by Crippen LogP contribution is -2.04. The van der Waals surface area contributed by atoms with Gasteiger partial charge in [-0.05, 0) is 36.8 Å². The molecule has 104 valence electrons. The van der Waals surface area contributed by atoms with Gasteiger partial charge in [-0.25, -0.2) is 4.39 Å². The summed E-state index contributed by atoms with van der Waals surface area (Å²) in [6, 6.07) is 13.9. The first kappa shape index (κ1) is 14.3. The van der Waals surface area contributed by atoms with E-state index in [0.29, 0.717) is 16.9 Å². The van der Waals surface area contributed by atoms with Gasteiger partial charge < -0.3 is 4.74 Å². The van der Waals surface area contributed by atoms with E-state index < -0.39 is 6.17 Å². The Balaban J connectivity index is 2.04. The number of hydrogen-bond acceptors (Lipinski definition) is 2. The molecule has 0 radical (unpaired) electrons. The first-order valence-electron chi connectivity index (χ1n) is 6.48. The molecule has 2 aromatic rings. The molecule has 0 N–H and O–H groups in total. The van der Waals surface area contributed by atoms with Gasteiger partial charge in [-0.2, -0.15) is 0 Å². The predicted octanol–water partition coefficient (Wildman–Crippen LogP) is 4.29. The van der Waals surface area contributed by atoms with Crippen molar-refractivity contribution < 1.29 is 13.9 Å². The van der Waals surface area contributed by atoms with Crippen LogP contribution in [0.5, 0.6) is 5.75 Å². The van der Waals surface area contributed by atoms with Crippen LogP contribution in [-0.4, -0.2) is 12.9 Å². The highest BCUT2D eigenvalue weighted by atomic mass is 19.1. The molecule has 1 unspecified atom stereocenters. The van der Waals surface area contributed by atoms with Crippen LogP contribution in [0.1, 0.15) is 34.1 Å². The normalized spacial score (nSPS) is 11.9. The molecule has 0 aliphatic heterocycles. The second kappa shape index (κ2) is 6.33. The number of ether oxygens (including phenoxy) is 1. The van der Waals surface area contributed by atoms with Crippen LogP contribution in [0, 0.1) is 6.92 Å². The fourth-order valence-corrected chi connectivity index (χ4v) is 1.95. The molecule has 0 amide bonds. The van der Waals surface area contributed by atoms with Gasteiger partial charge >= 0.3 is 0 Å². The van der Waals surface area contributed by atoms with E-state index >= 15 is 0 Å². The van der Waals surface area contributed by atoms with Crippen molar-refractivity contribution in [2.24, 2.45) is 0 Å². The Hall–Kier alpha value is -2.16. The number of halogens is 1. The Morgan fingerprint density at radius 3 is 2.25 bits per heavy atom.